The summed E-state index contributed by atoms with van der Waals surface area (Å²) in [6.45, 7) is 2.69. The van der Waals surface area contributed by atoms with E-state index < -0.39 is 23.7 Å². The van der Waals surface area contributed by atoms with Crippen LogP contribution in [0.15, 0.2) is 64.5 Å². The first-order valence-electron chi connectivity index (χ1n) is 11.8. The Hall–Kier alpha value is -4.08. The summed E-state index contributed by atoms with van der Waals surface area (Å²) in [6, 6.07) is 6.00. The van der Waals surface area contributed by atoms with Crippen molar-refractivity contribution in [2.24, 2.45) is 7.05 Å². The molecule has 0 saturated carbocycles. The lowest BCUT2D eigenvalue weighted by Crippen LogP contribution is -2.32. The van der Waals surface area contributed by atoms with Gasteiger partial charge in [0.1, 0.15) is 0 Å². The van der Waals surface area contributed by atoms with Crippen LogP contribution in [0.5, 0.6) is 0 Å². The van der Waals surface area contributed by atoms with Gasteiger partial charge in [-0.15, -0.1) is 0 Å². The van der Waals surface area contributed by atoms with Crippen LogP contribution >= 0.6 is 0 Å². The standard InChI is InChI=1S/C27H25F3N4O3/c1-15-11-19(23(27(28,29)30)31-21-10-6-5-9-18(21)25(36)37)22-20(12-15)24(35)33(2)26(32-22)34-13-16-7-3-4-8-17(16)14-34/h3,5-7,9-12,23,31H,4,8,13-14H2,1-2H3,(H,36,37). The Labute approximate surface area is 210 Å². The topological polar surface area (TPSA) is 87.5 Å². The van der Waals surface area contributed by atoms with E-state index in [0.717, 1.165) is 18.4 Å². The number of hydrogen-bond acceptors (Lipinski definition) is 5. The molecule has 37 heavy (non-hydrogen) atoms. The van der Waals surface area contributed by atoms with Crippen molar-refractivity contribution in [3.63, 3.8) is 0 Å². The summed E-state index contributed by atoms with van der Waals surface area (Å²) in [4.78, 5) is 31.6. The monoisotopic (exact) mass is 510 g/mol. The van der Waals surface area contributed by atoms with Crippen molar-refractivity contribution in [2.45, 2.75) is 32.0 Å². The molecular formula is C27H25F3N4O3. The van der Waals surface area contributed by atoms with Gasteiger partial charge in [-0.2, -0.15) is 13.2 Å². The molecule has 1 atom stereocenters. The van der Waals surface area contributed by atoms with Gasteiger partial charge in [-0.3, -0.25) is 9.36 Å². The smallest absolute Gasteiger partial charge is 0.412 e. The molecule has 2 heterocycles. The van der Waals surface area contributed by atoms with Crippen molar-refractivity contribution in [1.82, 2.24) is 9.55 Å². The quantitative estimate of drug-likeness (QED) is 0.495. The van der Waals surface area contributed by atoms with Gasteiger partial charge in [-0.1, -0.05) is 30.4 Å². The molecule has 3 aromatic rings. The number of anilines is 2. The van der Waals surface area contributed by atoms with E-state index in [1.165, 1.54) is 46.5 Å². The van der Waals surface area contributed by atoms with Gasteiger partial charge in [0.05, 0.1) is 16.5 Å². The van der Waals surface area contributed by atoms with E-state index in [4.69, 9.17) is 0 Å². The molecule has 1 unspecified atom stereocenters. The van der Waals surface area contributed by atoms with Crippen LogP contribution in [-0.2, 0) is 7.05 Å². The van der Waals surface area contributed by atoms with Crippen LogP contribution in [0.4, 0.5) is 24.8 Å². The molecule has 0 amide bonds. The third-order valence-corrected chi connectivity index (χ3v) is 6.84. The number of nitrogens with zero attached hydrogens (tertiary/aromatic N) is 3. The molecule has 1 aliphatic carbocycles. The zero-order valence-corrected chi connectivity index (χ0v) is 20.3. The van der Waals surface area contributed by atoms with Crippen LogP contribution in [-0.4, -0.2) is 39.9 Å². The number of carboxylic acid groups (broad SMARTS) is 1. The van der Waals surface area contributed by atoms with Crippen LogP contribution in [0.3, 0.4) is 0 Å². The number of nitrogens with one attached hydrogen (secondary N) is 1. The lowest BCUT2D eigenvalue weighted by atomic mass is 9.99. The summed E-state index contributed by atoms with van der Waals surface area (Å²) in [5.74, 6) is -1.07. The fourth-order valence-electron chi connectivity index (χ4n) is 5.07. The van der Waals surface area contributed by atoms with Crippen LogP contribution in [0, 0.1) is 6.92 Å². The van der Waals surface area contributed by atoms with E-state index in [1.807, 2.05) is 4.90 Å². The fraction of sp³-hybridized carbons (Fsp3) is 0.296. The highest BCUT2D eigenvalue weighted by Crippen LogP contribution is 2.40. The Morgan fingerprint density at radius 3 is 2.65 bits per heavy atom. The van der Waals surface area contributed by atoms with Gasteiger partial charge in [-0.25, -0.2) is 9.78 Å². The Morgan fingerprint density at radius 1 is 1.19 bits per heavy atom. The molecule has 0 spiro atoms. The van der Waals surface area contributed by atoms with Crippen LogP contribution < -0.4 is 15.8 Å². The van der Waals surface area contributed by atoms with Gasteiger partial charge >= 0.3 is 12.1 Å². The number of rotatable bonds is 5. The minimum Gasteiger partial charge on any atom is -0.478 e. The predicted octanol–water partition coefficient (Wildman–Crippen LogP) is 5.12. The number of alkyl halides is 3. The normalized spacial score (nSPS) is 16.3. The third kappa shape index (κ3) is 4.47. The summed E-state index contributed by atoms with van der Waals surface area (Å²) in [5, 5.41) is 11.9. The van der Waals surface area contributed by atoms with Crippen molar-refractivity contribution in [3.05, 3.63) is 86.7 Å². The zero-order chi connectivity index (χ0) is 26.5. The van der Waals surface area contributed by atoms with E-state index in [9.17, 15) is 27.9 Å². The second-order valence-electron chi connectivity index (χ2n) is 9.42. The second-order valence-corrected chi connectivity index (χ2v) is 9.42. The minimum absolute atomic E-state index is 0.0632. The maximum Gasteiger partial charge on any atom is 0.412 e. The lowest BCUT2D eigenvalue weighted by molar-refractivity contribution is -0.143. The predicted molar refractivity (Wildman–Crippen MR) is 135 cm³/mol. The van der Waals surface area contributed by atoms with Gasteiger partial charge in [0.2, 0.25) is 5.95 Å². The molecule has 0 bridgehead atoms. The summed E-state index contributed by atoms with van der Waals surface area (Å²) in [7, 11) is 1.57. The van der Waals surface area contributed by atoms with E-state index in [-0.39, 0.29) is 33.7 Å². The number of halogens is 3. The molecule has 7 nitrogen and oxygen atoms in total. The van der Waals surface area contributed by atoms with Gasteiger partial charge < -0.3 is 15.3 Å². The molecule has 0 radical (unpaired) electrons. The van der Waals surface area contributed by atoms with Gasteiger partial charge in [0, 0.05) is 31.4 Å². The number of aromatic nitrogens is 2. The van der Waals surface area contributed by atoms with E-state index in [2.05, 4.69) is 22.5 Å². The van der Waals surface area contributed by atoms with E-state index >= 15 is 0 Å². The molecule has 5 rings (SSSR count). The molecule has 1 aliphatic heterocycles. The number of benzene rings is 2. The molecule has 2 N–H and O–H groups in total. The number of aromatic carboxylic acids is 1. The van der Waals surface area contributed by atoms with E-state index in [0.29, 0.717) is 18.7 Å². The van der Waals surface area contributed by atoms with Gasteiger partial charge in [0.15, 0.2) is 6.04 Å². The Morgan fingerprint density at radius 2 is 1.95 bits per heavy atom. The third-order valence-electron chi connectivity index (χ3n) is 6.84. The number of hydrogen-bond donors (Lipinski definition) is 2. The molecule has 2 aromatic carbocycles. The van der Waals surface area contributed by atoms with Crippen molar-refractivity contribution >= 4 is 28.5 Å². The lowest BCUT2D eigenvalue weighted by Gasteiger charge is -2.26. The van der Waals surface area contributed by atoms with Crippen molar-refractivity contribution in [2.75, 3.05) is 23.3 Å². The number of fused-ring (bicyclic) bond motifs is 1. The Balaban J connectivity index is 1.67. The average Bonchev–Trinajstić information content (AvgIpc) is 3.28. The summed E-state index contributed by atoms with van der Waals surface area (Å²) >= 11 is 0. The number of allylic oxidation sites excluding steroid dienone is 1. The number of para-hydroxylation sites is 1. The molecule has 0 saturated heterocycles. The zero-order valence-electron chi connectivity index (χ0n) is 20.3. The molecule has 0 fully saturated rings. The SMILES string of the molecule is Cc1cc(C(Nc2ccccc2C(=O)O)C(F)(F)F)c2nc(N3CC4=C(CCC=C4)C3)n(C)c(=O)c2c1. The first-order valence-corrected chi connectivity index (χ1v) is 11.8. The summed E-state index contributed by atoms with van der Waals surface area (Å²) in [6.07, 6.45) is 1.16. The number of carboxylic acids is 1. The highest BCUT2D eigenvalue weighted by atomic mass is 19.4. The maximum absolute atomic E-state index is 14.5. The first kappa shape index (κ1) is 24.6. The summed E-state index contributed by atoms with van der Waals surface area (Å²) < 4.78 is 44.9. The second kappa shape index (κ2) is 9.10. The highest BCUT2D eigenvalue weighted by Gasteiger charge is 2.43. The van der Waals surface area contributed by atoms with E-state index in [1.54, 1.807) is 14.0 Å². The van der Waals surface area contributed by atoms with Crippen molar-refractivity contribution in [1.29, 1.82) is 0 Å². The summed E-state index contributed by atoms with van der Waals surface area (Å²) in [5.41, 5.74) is 1.62. The average molecular weight is 511 g/mol. The van der Waals surface area contributed by atoms with Crippen LogP contribution in [0.1, 0.15) is 40.4 Å². The highest BCUT2D eigenvalue weighted by molar-refractivity contribution is 5.94. The molecule has 1 aromatic heterocycles. The maximum atomic E-state index is 14.5. The Bertz CT molecular complexity index is 1540. The van der Waals surface area contributed by atoms with Gasteiger partial charge in [-0.05, 0) is 54.7 Å². The van der Waals surface area contributed by atoms with Crippen LogP contribution in [0.25, 0.3) is 10.9 Å². The van der Waals surface area contributed by atoms with Crippen molar-refractivity contribution in [3.8, 4) is 0 Å². The minimum atomic E-state index is -4.81. The first-order chi connectivity index (χ1) is 17.5. The molecular weight excluding hydrogens is 485 g/mol. The molecule has 10 heteroatoms. The fourth-order valence-corrected chi connectivity index (χ4v) is 5.07. The molecule has 2 aliphatic rings. The van der Waals surface area contributed by atoms with Crippen LogP contribution in [0.2, 0.25) is 0 Å². The van der Waals surface area contributed by atoms with Crippen molar-refractivity contribution < 1.29 is 23.1 Å². The number of aryl methyl sites for hydroxylation is 1. The number of carbonyl (C=O) groups is 1. The molecule has 192 valence electrons. The van der Waals surface area contributed by atoms with Gasteiger partial charge in [0.25, 0.3) is 5.56 Å². The Kier molecular flexibility index (Phi) is 6.05. The largest absolute Gasteiger partial charge is 0.478 e.